The standard InChI is InChI=1S/2C34H37FN8O5.C33H33FN8O5/c2*1-21-31(40-34(45)47-21)33(44)43-11-9-29(27(35)18-43)48-28-7-2-22(16-23(28)17-36)32-37-10-8-30(39-32)38-24-3-5-25(6-4-24)41-12-14-42(15-13-41)26-19-46-20-26;34-26-17-42(32(43)27-20-46-33(44)38-27)10-8-29(26)47-28-6-1-21(15-22(28)16-35)31-36-9-7-30(39-31)37-23-2-4-24(5-3-23)40-11-13-41(14-12-40)25-18-45-19-25/h2*2-8,10,16,21,26-27,29,31H,9,11-15,18-20H2,1H3,(H,40,45)(H,37,38,39);1-7,9,15,20,25-26,29H,8,10-14,17-19H2,(H,38,44)(H,36,37,39)/t21-,27+,29-,31-;21-,27-,29+,31+;26-,29+/m011/s1. The lowest BCUT2D eigenvalue weighted by Crippen LogP contribution is -2.56. The molecule has 11 aliphatic heterocycles. The Morgan fingerprint density at radius 3 is 1.00 bits per heavy atom. The maximum atomic E-state index is 15.2. The van der Waals surface area contributed by atoms with Crippen LogP contribution in [0, 0.1) is 34.0 Å². The molecule has 4 aromatic heterocycles. The second-order valence-corrected chi connectivity index (χ2v) is 36.7. The molecule has 0 unspecified atom stereocenters. The molecule has 5 amide bonds. The van der Waals surface area contributed by atoms with E-state index in [4.69, 9.17) is 37.9 Å². The summed E-state index contributed by atoms with van der Waals surface area (Å²) in [5.74, 6) is 1.69. The zero-order valence-electron chi connectivity index (χ0n) is 78.6. The number of alkyl halides is 3. The third-order valence-electron chi connectivity index (χ3n) is 27.5. The number of H-pyrrole nitrogens is 1. The zero-order chi connectivity index (χ0) is 98.7. The summed E-state index contributed by atoms with van der Waals surface area (Å²) < 4.78 is 94.0. The number of nitrogens with one attached hydrogen (secondary N) is 6. The number of alkyl carbamates (subject to hydrolysis) is 2. The van der Waals surface area contributed by atoms with Crippen molar-refractivity contribution in [2.24, 2.45) is 0 Å². The number of likely N-dealkylation sites (tertiary alicyclic amines) is 3. The number of amides is 5. The number of nitrogens with zero attached hydrogens (tertiary/aromatic N) is 18. The summed E-state index contributed by atoms with van der Waals surface area (Å²) in [6.07, 6.45) is -3.02. The quantitative estimate of drug-likeness (QED) is 0.0328. The molecule has 143 heavy (non-hydrogen) atoms. The molecule has 6 N–H and O–H groups in total. The van der Waals surface area contributed by atoms with Gasteiger partial charge in [-0.2, -0.15) is 15.8 Å². The summed E-state index contributed by atoms with van der Waals surface area (Å²) in [6, 6.07) is 51.5. The van der Waals surface area contributed by atoms with Gasteiger partial charge in [-0.25, -0.2) is 57.5 Å². The molecule has 11 fully saturated rings. The van der Waals surface area contributed by atoms with Gasteiger partial charge in [-0.05, 0) is 159 Å². The number of aromatic nitrogens is 7. The highest BCUT2D eigenvalue weighted by Gasteiger charge is 2.45. The highest BCUT2D eigenvalue weighted by Crippen LogP contribution is 2.37. The largest absolute Gasteiger partial charge is 0.486 e. The van der Waals surface area contributed by atoms with E-state index in [9.17, 15) is 44.6 Å². The molecule has 6 aromatic carbocycles. The lowest BCUT2D eigenvalue weighted by atomic mass is 10.0. The monoisotopic (exact) mass is 1950 g/mol. The van der Waals surface area contributed by atoms with E-state index in [0.29, 0.717) is 69.7 Å². The smallest absolute Gasteiger partial charge is 0.416 e. The second kappa shape index (κ2) is 43.9. The highest BCUT2D eigenvalue weighted by atomic mass is 19.1. The van der Waals surface area contributed by atoms with Gasteiger partial charge in [-0.1, -0.05) is 0 Å². The number of oxazole rings is 1. The number of carbonyl (C=O) groups is 5. The van der Waals surface area contributed by atoms with Crippen molar-refractivity contribution >= 4 is 81.5 Å². The average Bonchev–Trinajstić information content (AvgIpc) is 1.80. The average molecular weight is 1950 g/mol. The lowest BCUT2D eigenvalue weighted by molar-refractivity contribution is -0.138. The predicted molar refractivity (Wildman–Crippen MR) is 517 cm³/mol. The minimum atomic E-state index is -1.50. The molecule has 10 atom stereocenters. The predicted octanol–water partition coefficient (Wildman–Crippen LogP) is 9.38. The maximum Gasteiger partial charge on any atom is 0.416 e. The number of halogens is 3. The number of carbonyl (C=O) groups excluding carboxylic acids is 5. The third kappa shape index (κ3) is 22.9. The number of hydrogen-bond donors (Lipinski definition) is 6. The molecule has 11 aliphatic rings. The van der Waals surface area contributed by atoms with Crippen LogP contribution in [0.2, 0.25) is 0 Å². The Morgan fingerprint density at radius 1 is 0.413 bits per heavy atom. The normalized spacial score (nSPS) is 23.2. The van der Waals surface area contributed by atoms with Crippen molar-refractivity contribution in [3.05, 3.63) is 203 Å². The van der Waals surface area contributed by atoms with Crippen LogP contribution in [0.4, 0.5) is 74.3 Å². The van der Waals surface area contributed by atoms with Crippen molar-refractivity contribution in [1.82, 2.24) is 74.9 Å². The van der Waals surface area contributed by atoms with E-state index in [0.717, 1.165) is 142 Å². The fraction of sp³-hybridized carbons (Fsp3) is 0.416. The molecule has 0 radical (unpaired) electrons. The van der Waals surface area contributed by atoms with Gasteiger partial charge in [0.05, 0.1) is 94.1 Å². The van der Waals surface area contributed by atoms with Gasteiger partial charge in [-0.3, -0.25) is 34.1 Å². The van der Waals surface area contributed by atoms with Crippen molar-refractivity contribution < 1.29 is 79.5 Å². The molecule has 11 saturated heterocycles. The summed E-state index contributed by atoms with van der Waals surface area (Å²) in [6.45, 7) is 20.5. The molecule has 10 aromatic rings. The van der Waals surface area contributed by atoms with E-state index in [2.05, 4.69) is 150 Å². The van der Waals surface area contributed by atoms with Crippen LogP contribution < -0.4 is 61.3 Å². The molecule has 21 rings (SSSR count). The number of hydrogen-bond acceptors (Lipinski definition) is 33. The van der Waals surface area contributed by atoms with E-state index >= 15 is 13.2 Å². The Bertz CT molecular complexity index is 6170. The van der Waals surface area contributed by atoms with Crippen molar-refractivity contribution in [1.29, 1.82) is 15.8 Å². The molecule has 0 bridgehead atoms. The summed E-state index contributed by atoms with van der Waals surface area (Å²) in [5.41, 5.74) is 8.64. The van der Waals surface area contributed by atoms with Gasteiger partial charge < -0.3 is 98.3 Å². The van der Waals surface area contributed by atoms with E-state index in [1.54, 1.807) is 105 Å². The number of piperazine rings is 3. The first-order chi connectivity index (χ1) is 69.6. The van der Waals surface area contributed by atoms with Gasteiger partial charge >= 0.3 is 17.9 Å². The van der Waals surface area contributed by atoms with Gasteiger partial charge in [0.25, 0.3) is 5.91 Å². The number of rotatable bonds is 24. The molecular weight excluding hydrogens is 1850 g/mol. The Morgan fingerprint density at radius 2 is 0.727 bits per heavy atom. The van der Waals surface area contributed by atoms with Crippen LogP contribution >= 0.6 is 0 Å². The van der Waals surface area contributed by atoms with E-state index < -0.39 is 96.8 Å². The molecule has 15 heterocycles. The van der Waals surface area contributed by atoms with Crippen LogP contribution in [0.1, 0.15) is 60.3 Å². The Balaban J connectivity index is 0.000000136. The third-order valence-corrected chi connectivity index (χ3v) is 27.5. The second-order valence-electron chi connectivity index (χ2n) is 36.7. The summed E-state index contributed by atoms with van der Waals surface area (Å²) in [5, 5.41) is 44.6. The molecule has 0 saturated carbocycles. The van der Waals surface area contributed by atoms with Crippen LogP contribution in [0.3, 0.4) is 0 Å². The van der Waals surface area contributed by atoms with E-state index in [1.807, 2.05) is 36.4 Å². The van der Waals surface area contributed by atoms with Gasteiger partial charge in [0.2, 0.25) is 11.8 Å². The number of anilines is 9. The summed E-state index contributed by atoms with van der Waals surface area (Å²) in [7, 11) is 0. The van der Waals surface area contributed by atoms with Crippen molar-refractivity contribution in [3.8, 4) is 69.6 Å². The fourth-order valence-electron chi connectivity index (χ4n) is 19.0. The van der Waals surface area contributed by atoms with Gasteiger partial charge in [0, 0.05) is 187 Å². The van der Waals surface area contributed by atoms with Crippen LogP contribution in [0.15, 0.2) is 180 Å². The number of benzene rings is 6. The minimum Gasteiger partial charge on any atom is -0.486 e. The van der Waals surface area contributed by atoms with Crippen molar-refractivity contribution in [2.75, 3.05) is 188 Å². The van der Waals surface area contributed by atoms with Crippen molar-refractivity contribution in [2.45, 2.75) is 112 Å². The highest BCUT2D eigenvalue weighted by molar-refractivity contribution is 5.92. The Kier molecular flexibility index (Phi) is 29.6. The van der Waals surface area contributed by atoms with Crippen LogP contribution in [0.25, 0.3) is 34.2 Å². The first-order valence-corrected chi connectivity index (χ1v) is 48.0. The van der Waals surface area contributed by atoms with Crippen LogP contribution in [-0.2, 0) is 33.3 Å². The van der Waals surface area contributed by atoms with Crippen molar-refractivity contribution in [3.63, 3.8) is 0 Å². The number of aromatic amines is 1. The summed E-state index contributed by atoms with van der Waals surface area (Å²) >= 11 is 0. The molecular formula is C101H107F3N24O15. The van der Waals surface area contributed by atoms with Crippen LogP contribution in [-0.4, -0.2) is 331 Å². The SMILES string of the molecule is C[C@@H]1OC(=O)N[C@@H]1C(=O)N1CC[C@H](Oc2ccc(-c3nccc(Nc4ccc(N5CCN(C6COC6)CC5)cc4)n3)cc2C#N)[C@H](F)C1.C[C@H]1OC(=O)N[C@@H]1C(=O)N1CC[C@H](Oc2ccc(-c3nccc(Nc4ccc(N5CCN(C6COC6)CC5)cc4)n3)cc2C#N)[C@H](F)C1.N#Cc1cc(-c2nccc(Nc3ccc(N4CCN(C5COC5)CC4)cc3)n2)ccc1O[C@H]1CCN(C(=O)c2coc(=O)[nH]2)C[C@H]1F. The molecule has 42 heteroatoms. The minimum absolute atomic E-state index is 0.0385. The first-order valence-electron chi connectivity index (χ1n) is 48.0. The van der Waals surface area contributed by atoms with Gasteiger partial charge in [0.15, 0.2) is 36.0 Å². The zero-order valence-corrected chi connectivity index (χ0v) is 78.6. The first kappa shape index (κ1) is 96.6. The topological polar surface area (TPSA) is 443 Å². The van der Waals surface area contributed by atoms with Gasteiger partial charge in [0.1, 0.15) is 107 Å². The molecule has 0 spiro atoms. The van der Waals surface area contributed by atoms with Gasteiger partial charge in [-0.15, -0.1) is 0 Å². The van der Waals surface area contributed by atoms with E-state index in [1.165, 1.54) is 31.8 Å². The number of nitriles is 3. The molecule has 742 valence electrons. The fourth-order valence-corrected chi connectivity index (χ4v) is 19.0. The number of cyclic esters (lactones) is 2. The number of ether oxygens (including phenoxy) is 8. The Hall–Kier alpha value is -15.3. The molecule has 39 nitrogen and oxygen atoms in total. The lowest BCUT2D eigenvalue weighted by Gasteiger charge is -2.43. The maximum absolute atomic E-state index is 15.2. The number of piperidine rings is 3. The Labute approximate surface area is 821 Å². The summed E-state index contributed by atoms with van der Waals surface area (Å²) in [4.78, 5) is 121. The van der Waals surface area contributed by atoms with E-state index in [-0.39, 0.29) is 98.2 Å². The van der Waals surface area contributed by atoms with Crippen LogP contribution in [0.5, 0.6) is 17.2 Å². The molecule has 0 aliphatic carbocycles.